The first-order valence-electron chi connectivity index (χ1n) is 9.23. The standard InChI is InChI=1S/C23H18Cl2N2O2/c24-19-10-17(11-20(25)13-19)22(28)26-21-7-6-15-8-9-27(14-18(15)12-21)23(29)16-4-2-1-3-5-16/h1-7,10-13H,8-9,14H2,(H,26,28). The summed E-state index contributed by atoms with van der Waals surface area (Å²) in [4.78, 5) is 27.1. The van der Waals surface area contributed by atoms with E-state index >= 15 is 0 Å². The SMILES string of the molecule is O=C(Nc1ccc2c(c1)CN(C(=O)c1ccccc1)CC2)c1cc(Cl)cc(Cl)c1. The fraction of sp³-hybridized carbons (Fsp3) is 0.130. The van der Waals surface area contributed by atoms with Crippen LogP contribution in [0.1, 0.15) is 31.8 Å². The van der Waals surface area contributed by atoms with Gasteiger partial charge in [0.1, 0.15) is 0 Å². The molecule has 0 aliphatic carbocycles. The van der Waals surface area contributed by atoms with E-state index in [1.165, 1.54) is 5.56 Å². The maximum Gasteiger partial charge on any atom is 0.255 e. The lowest BCUT2D eigenvalue weighted by molar-refractivity contribution is 0.0734. The molecule has 1 heterocycles. The number of anilines is 1. The minimum Gasteiger partial charge on any atom is -0.334 e. The number of nitrogens with one attached hydrogen (secondary N) is 1. The van der Waals surface area contributed by atoms with E-state index in [1.807, 2.05) is 53.4 Å². The van der Waals surface area contributed by atoms with Gasteiger partial charge in [-0.3, -0.25) is 9.59 Å². The minimum atomic E-state index is -0.289. The molecule has 0 saturated heterocycles. The molecular formula is C23H18Cl2N2O2. The molecule has 146 valence electrons. The van der Waals surface area contributed by atoms with Crippen molar-refractivity contribution in [3.05, 3.63) is 99.0 Å². The van der Waals surface area contributed by atoms with Crippen LogP contribution < -0.4 is 5.32 Å². The first-order chi connectivity index (χ1) is 14.0. The molecule has 0 atom stereocenters. The highest BCUT2D eigenvalue weighted by Crippen LogP contribution is 2.25. The average molecular weight is 425 g/mol. The zero-order valence-corrected chi connectivity index (χ0v) is 17.0. The Balaban J connectivity index is 1.51. The second kappa shape index (κ2) is 8.27. The van der Waals surface area contributed by atoms with Crippen molar-refractivity contribution in [1.29, 1.82) is 0 Å². The summed E-state index contributed by atoms with van der Waals surface area (Å²) in [5.74, 6) is -0.276. The van der Waals surface area contributed by atoms with Crippen molar-refractivity contribution in [1.82, 2.24) is 4.90 Å². The molecule has 29 heavy (non-hydrogen) atoms. The summed E-state index contributed by atoms with van der Waals surface area (Å²) in [5.41, 5.74) is 3.95. The highest BCUT2D eigenvalue weighted by Gasteiger charge is 2.22. The molecule has 4 rings (SSSR count). The lowest BCUT2D eigenvalue weighted by atomic mass is 9.98. The van der Waals surface area contributed by atoms with Crippen molar-refractivity contribution in [3.8, 4) is 0 Å². The molecule has 0 spiro atoms. The number of hydrogen-bond acceptors (Lipinski definition) is 2. The monoisotopic (exact) mass is 424 g/mol. The lowest BCUT2D eigenvalue weighted by Crippen LogP contribution is -2.36. The van der Waals surface area contributed by atoms with Gasteiger partial charge in [-0.1, -0.05) is 47.5 Å². The highest BCUT2D eigenvalue weighted by atomic mass is 35.5. The van der Waals surface area contributed by atoms with Gasteiger partial charge in [-0.25, -0.2) is 0 Å². The number of carbonyl (C=O) groups is 2. The van der Waals surface area contributed by atoms with Gasteiger partial charge in [0.05, 0.1) is 0 Å². The number of rotatable bonds is 3. The second-order valence-electron chi connectivity index (χ2n) is 6.94. The molecule has 0 fully saturated rings. The van der Waals surface area contributed by atoms with E-state index < -0.39 is 0 Å². The molecule has 0 aromatic heterocycles. The number of carbonyl (C=O) groups excluding carboxylic acids is 2. The zero-order valence-electron chi connectivity index (χ0n) is 15.5. The second-order valence-corrected chi connectivity index (χ2v) is 7.81. The van der Waals surface area contributed by atoms with Crippen LogP contribution in [0.3, 0.4) is 0 Å². The van der Waals surface area contributed by atoms with E-state index in [0.29, 0.717) is 39.9 Å². The van der Waals surface area contributed by atoms with Crippen LogP contribution in [0.5, 0.6) is 0 Å². The molecule has 3 aromatic rings. The van der Waals surface area contributed by atoms with E-state index in [0.717, 1.165) is 12.0 Å². The Morgan fingerprint density at radius 1 is 0.828 bits per heavy atom. The van der Waals surface area contributed by atoms with E-state index in [9.17, 15) is 9.59 Å². The third-order valence-corrected chi connectivity index (χ3v) is 5.35. The minimum absolute atomic E-state index is 0.0132. The number of halogens is 2. The van der Waals surface area contributed by atoms with Gasteiger partial charge in [-0.15, -0.1) is 0 Å². The first-order valence-corrected chi connectivity index (χ1v) is 9.99. The van der Waals surface area contributed by atoms with Crippen LogP contribution in [0.2, 0.25) is 10.0 Å². The van der Waals surface area contributed by atoms with E-state index in [2.05, 4.69) is 5.32 Å². The molecule has 4 nitrogen and oxygen atoms in total. The molecule has 3 aromatic carbocycles. The molecule has 1 aliphatic heterocycles. The van der Waals surface area contributed by atoms with Gasteiger partial charge in [0.15, 0.2) is 0 Å². The van der Waals surface area contributed by atoms with E-state index in [4.69, 9.17) is 23.2 Å². The fourth-order valence-corrected chi connectivity index (χ4v) is 3.99. The van der Waals surface area contributed by atoms with Gasteiger partial charge in [0.25, 0.3) is 11.8 Å². The van der Waals surface area contributed by atoms with Gasteiger partial charge in [0, 0.05) is 39.9 Å². The Labute approximate surface area is 179 Å². The Morgan fingerprint density at radius 3 is 2.28 bits per heavy atom. The third kappa shape index (κ3) is 4.44. The smallest absolute Gasteiger partial charge is 0.255 e. The van der Waals surface area contributed by atoms with Crippen LogP contribution in [0.15, 0.2) is 66.7 Å². The summed E-state index contributed by atoms with van der Waals surface area (Å²) >= 11 is 12.0. The van der Waals surface area contributed by atoms with Gasteiger partial charge in [0.2, 0.25) is 0 Å². The average Bonchev–Trinajstić information content (AvgIpc) is 2.72. The number of nitrogens with zero attached hydrogens (tertiary/aromatic N) is 1. The first kappa shape index (κ1) is 19.5. The van der Waals surface area contributed by atoms with Crippen molar-refractivity contribution in [2.45, 2.75) is 13.0 Å². The maximum absolute atomic E-state index is 12.8. The van der Waals surface area contributed by atoms with Crippen LogP contribution in [0, 0.1) is 0 Å². The Kier molecular flexibility index (Phi) is 5.56. The van der Waals surface area contributed by atoms with Crippen LogP contribution >= 0.6 is 23.2 Å². The lowest BCUT2D eigenvalue weighted by Gasteiger charge is -2.29. The van der Waals surface area contributed by atoms with Crippen LogP contribution in [-0.2, 0) is 13.0 Å². The number of benzene rings is 3. The largest absolute Gasteiger partial charge is 0.334 e. The zero-order chi connectivity index (χ0) is 20.4. The van der Waals surface area contributed by atoms with Crippen molar-refractivity contribution < 1.29 is 9.59 Å². The van der Waals surface area contributed by atoms with Crippen LogP contribution in [0.4, 0.5) is 5.69 Å². The van der Waals surface area contributed by atoms with Crippen molar-refractivity contribution in [2.24, 2.45) is 0 Å². The number of amides is 2. The molecule has 0 bridgehead atoms. The molecule has 1 aliphatic rings. The fourth-order valence-electron chi connectivity index (χ4n) is 3.46. The molecule has 0 radical (unpaired) electrons. The van der Waals surface area contributed by atoms with E-state index in [1.54, 1.807) is 18.2 Å². The van der Waals surface area contributed by atoms with E-state index in [-0.39, 0.29) is 11.8 Å². The van der Waals surface area contributed by atoms with Crippen LogP contribution in [-0.4, -0.2) is 23.3 Å². The third-order valence-electron chi connectivity index (χ3n) is 4.91. The highest BCUT2D eigenvalue weighted by molar-refractivity contribution is 6.35. The van der Waals surface area contributed by atoms with Gasteiger partial charge in [-0.2, -0.15) is 0 Å². The summed E-state index contributed by atoms with van der Waals surface area (Å²) in [7, 11) is 0. The summed E-state index contributed by atoms with van der Waals surface area (Å²) in [6.45, 7) is 1.18. The molecule has 1 N–H and O–H groups in total. The normalized spacial score (nSPS) is 13.0. The predicted molar refractivity (Wildman–Crippen MR) is 116 cm³/mol. The Bertz CT molecular complexity index is 1060. The predicted octanol–water partition coefficient (Wildman–Crippen LogP) is 5.44. The van der Waals surface area contributed by atoms with Gasteiger partial charge < -0.3 is 10.2 Å². The summed E-state index contributed by atoms with van der Waals surface area (Å²) < 4.78 is 0. The summed E-state index contributed by atoms with van der Waals surface area (Å²) in [5, 5.41) is 3.69. The Morgan fingerprint density at radius 2 is 1.55 bits per heavy atom. The quantitative estimate of drug-likeness (QED) is 0.607. The van der Waals surface area contributed by atoms with Gasteiger partial charge >= 0.3 is 0 Å². The Hall–Kier alpha value is -2.82. The van der Waals surface area contributed by atoms with Crippen molar-refractivity contribution in [2.75, 3.05) is 11.9 Å². The molecule has 0 saturated carbocycles. The van der Waals surface area contributed by atoms with Crippen molar-refractivity contribution >= 4 is 40.7 Å². The maximum atomic E-state index is 12.8. The van der Waals surface area contributed by atoms with Crippen molar-refractivity contribution in [3.63, 3.8) is 0 Å². The van der Waals surface area contributed by atoms with Gasteiger partial charge in [-0.05, 0) is 60.0 Å². The molecule has 6 heteroatoms. The summed E-state index contributed by atoms with van der Waals surface area (Å²) in [6.07, 6.45) is 0.784. The molecule has 0 unspecified atom stereocenters. The molecular weight excluding hydrogens is 407 g/mol. The summed E-state index contributed by atoms with van der Waals surface area (Å²) in [6, 6.07) is 19.8. The van der Waals surface area contributed by atoms with Crippen LogP contribution in [0.25, 0.3) is 0 Å². The molecule has 2 amide bonds. The topological polar surface area (TPSA) is 49.4 Å². The number of hydrogen-bond donors (Lipinski definition) is 1. The number of fused-ring (bicyclic) bond motifs is 1.